The van der Waals surface area contributed by atoms with Crippen molar-refractivity contribution in [3.8, 4) is 0 Å². The number of carbonyl (C=O) groups is 1. The van der Waals surface area contributed by atoms with Gasteiger partial charge in [0.05, 0.1) is 6.61 Å². The molecule has 0 bridgehead atoms. The first-order valence-corrected chi connectivity index (χ1v) is 7.11. The van der Waals surface area contributed by atoms with Crippen LogP contribution in [-0.4, -0.2) is 36.9 Å². The minimum Gasteiger partial charge on any atom is -0.480 e. The smallest absolute Gasteiger partial charge is 0.324 e. The van der Waals surface area contributed by atoms with E-state index in [4.69, 9.17) is 4.74 Å². The molecule has 104 valence electrons. The predicted molar refractivity (Wildman–Crippen MR) is 76.4 cm³/mol. The van der Waals surface area contributed by atoms with Gasteiger partial charge in [0, 0.05) is 24.5 Å². The van der Waals surface area contributed by atoms with Crippen molar-refractivity contribution in [3.63, 3.8) is 0 Å². The summed E-state index contributed by atoms with van der Waals surface area (Å²) >= 11 is 3.45. The fourth-order valence-corrected chi connectivity index (χ4v) is 2.97. The van der Waals surface area contributed by atoms with Crippen LogP contribution in [0.2, 0.25) is 0 Å². The maximum atomic E-state index is 11.6. The second kappa shape index (κ2) is 6.03. The number of aryl methyl sites for hydroxylation is 1. The van der Waals surface area contributed by atoms with E-state index in [-0.39, 0.29) is 0 Å². The fraction of sp³-hybridized carbons (Fsp3) is 0.500. The number of carboxylic acid groups (broad SMARTS) is 1. The molecule has 0 aromatic heterocycles. The number of fused-ring (bicyclic) bond motifs is 1. The first kappa shape index (κ1) is 14.5. The summed E-state index contributed by atoms with van der Waals surface area (Å²) < 4.78 is 6.02. The van der Waals surface area contributed by atoms with E-state index in [0.29, 0.717) is 26.0 Å². The van der Waals surface area contributed by atoms with Crippen LogP contribution in [0.1, 0.15) is 17.5 Å². The molecule has 5 heteroatoms. The lowest BCUT2D eigenvalue weighted by Crippen LogP contribution is -2.56. The summed E-state index contributed by atoms with van der Waals surface area (Å²) in [6.07, 6.45) is 1.91. The van der Waals surface area contributed by atoms with Crippen molar-refractivity contribution in [3.05, 3.63) is 33.8 Å². The molecule has 1 aliphatic carbocycles. The van der Waals surface area contributed by atoms with Gasteiger partial charge in [-0.05, 0) is 36.1 Å². The number of benzene rings is 1. The second-order valence-corrected chi connectivity index (χ2v) is 5.81. The van der Waals surface area contributed by atoms with Gasteiger partial charge >= 0.3 is 5.97 Å². The van der Waals surface area contributed by atoms with Crippen LogP contribution >= 0.6 is 15.9 Å². The SMILES string of the molecule is COCCNC1(C(=O)O)CCc2cc(Br)ccc2C1. The largest absolute Gasteiger partial charge is 0.480 e. The highest BCUT2D eigenvalue weighted by Crippen LogP contribution is 2.30. The number of halogens is 1. The molecule has 0 saturated heterocycles. The summed E-state index contributed by atoms with van der Waals surface area (Å²) in [5.74, 6) is -0.780. The molecule has 1 aliphatic rings. The topological polar surface area (TPSA) is 58.6 Å². The van der Waals surface area contributed by atoms with E-state index < -0.39 is 11.5 Å². The zero-order valence-electron chi connectivity index (χ0n) is 10.9. The molecule has 0 saturated carbocycles. The third-order valence-electron chi connectivity index (χ3n) is 3.66. The molecule has 2 rings (SSSR count). The molecular weight excluding hydrogens is 310 g/mol. The molecule has 0 heterocycles. The highest BCUT2D eigenvalue weighted by molar-refractivity contribution is 9.10. The van der Waals surface area contributed by atoms with Crippen molar-refractivity contribution in [1.29, 1.82) is 0 Å². The predicted octanol–water partition coefficient (Wildman–Crippen LogP) is 2.00. The summed E-state index contributed by atoms with van der Waals surface area (Å²) in [7, 11) is 1.61. The van der Waals surface area contributed by atoms with Crippen LogP contribution in [0, 0.1) is 0 Å². The van der Waals surface area contributed by atoms with Crippen LogP contribution in [-0.2, 0) is 22.4 Å². The van der Waals surface area contributed by atoms with E-state index in [1.807, 2.05) is 12.1 Å². The number of carboxylic acids is 1. The summed E-state index contributed by atoms with van der Waals surface area (Å²) in [5.41, 5.74) is 1.49. The monoisotopic (exact) mass is 327 g/mol. The summed E-state index contributed by atoms with van der Waals surface area (Å²) in [6, 6.07) is 6.05. The molecule has 1 aromatic carbocycles. The zero-order chi connectivity index (χ0) is 13.9. The number of nitrogens with one attached hydrogen (secondary N) is 1. The van der Waals surface area contributed by atoms with Crippen molar-refractivity contribution in [2.75, 3.05) is 20.3 Å². The Morgan fingerprint density at radius 2 is 2.32 bits per heavy atom. The van der Waals surface area contributed by atoms with E-state index in [1.54, 1.807) is 7.11 Å². The number of hydrogen-bond donors (Lipinski definition) is 2. The fourth-order valence-electron chi connectivity index (χ4n) is 2.56. The van der Waals surface area contributed by atoms with Crippen LogP contribution in [0.3, 0.4) is 0 Å². The van der Waals surface area contributed by atoms with Crippen molar-refractivity contribution in [2.24, 2.45) is 0 Å². The Morgan fingerprint density at radius 3 is 3.00 bits per heavy atom. The number of rotatable bonds is 5. The zero-order valence-corrected chi connectivity index (χ0v) is 12.5. The molecule has 1 aromatic rings. The third kappa shape index (κ3) is 3.16. The van der Waals surface area contributed by atoms with Crippen LogP contribution in [0.15, 0.2) is 22.7 Å². The highest BCUT2D eigenvalue weighted by atomic mass is 79.9. The third-order valence-corrected chi connectivity index (χ3v) is 4.15. The van der Waals surface area contributed by atoms with Crippen molar-refractivity contribution < 1.29 is 14.6 Å². The molecule has 0 amide bonds. The van der Waals surface area contributed by atoms with Gasteiger partial charge in [0.2, 0.25) is 0 Å². The van der Waals surface area contributed by atoms with Gasteiger partial charge in [-0.15, -0.1) is 0 Å². The Hall–Kier alpha value is -0.910. The van der Waals surface area contributed by atoms with Gasteiger partial charge < -0.3 is 9.84 Å². The van der Waals surface area contributed by atoms with Crippen molar-refractivity contribution in [2.45, 2.75) is 24.8 Å². The number of hydrogen-bond acceptors (Lipinski definition) is 3. The molecule has 4 nitrogen and oxygen atoms in total. The maximum Gasteiger partial charge on any atom is 0.324 e. The van der Waals surface area contributed by atoms with Crippen LogP contribution in [0.5, 0.6) is 0 Å². The summed E-state index contributed by atoms with van der Waals surface area (Å²) in [4.78, 5) is 11.6. The van der Waals surface area contributed by atoms with E-state index >= 15 is 0 Å². The van der Waals surface area contributed by atoms with Gasteiger partial charge in [0.15, 0.2) is 0 Å². The standard InChI is InChI=1S/C14H18BrNO3/c1-19-7-6-16-14(13(17)18)5-4-10-8-12(15)3-2-11(10)9-14/h2-3,8,16H,4-7,9H2,1H3,(H,17,18). The first-order valence-electron chi connectivity index (χ1n) is 6.32. The normalized spacial score (nSPS) is 22.0. The van der Waals surface area contributed by atoms with Crippen molar-refractivity contribution in [1.82, 2.24) is 5.32 Å². The Bertz CT molecular complexity index is 478. The minimum absolute atomic E-state index is 0.516. The molecule has 0 radical (unpaired) electrons. The maximum absolute atomic E-state index is 11.6. The van der Waals surface area contributed by atoms with Crippen molar-refractivity contribution >= 4 is 21.9 Å². The average molecular weight is 328 g/mol. The molecule has 0 spiro atoms. The molecule has 1 unspecified atom stereocenters. The Morgan fingerprint density at radius 1 is 1.53 bits per heavy atom. The molecule has 0 aliphatic heterocycles. The minimum atomic E-state index is -0.862. The quantitative estimate of drug-likeness (QED) is 0.812. The van der Waals surface area contributed by atoms with Gasteiger partial charge in [-0.25, -0.2) is 0 Å². The van der Waals surface area contributed by atoms with E-state index in [2.05, 4.69) is 27.3 Å². The number of ether oxygens (including phenoxy) is 1. The van der Waals surface area contributed by atoms with Crippen LogP contribution in [0.4, 0.5) is 0 Å². The molecule has 2 N–H and O–H groups in total. The van der Waals surface area contributed by atoms with Gasteiger partial charge in [0.25, 0.3) is 0 Å². The Kier molecular flexibility index (Phi) is 4.60. The van der Waals surface area contributed by atoms with E-state index in [1.165, 1.54) is 5.56 Å². The Labute approximate surface area is 121 Å². The van der Waals surface area contributed by atoms with Crippen LogP contribution in [0.25, 0.3) is 0 Å². The molecule has 0 fully saturated rings. The second-order valence-electron chi connectivity index (χ2n) is 4.90. The van der Waals surface area contributed by atoms with Gasteiger partial charge in [0.1, 0.15) is 5.54 Å². The first-order chi connectivity index (χ1) is 9.07. The van der Waals surface area contributed by atoms with Crippen LogP contribution < -0.4 is 5.32 Å². The molecule has 1 atom stereocenters. The average Bonchev–Trinajstić information content (AvgIpc) is 2.39. The number of aliphatic carboxylic acids is 1. The lowest BCUT2D eigenvalue weighted by atomic mass is 9.78. The number of methoxy groups -OCH3 is 1. The van der Waals surface area contributed by atoms with E-state index in [9.17, 15) is 9.90 Å². The van der Waals surface area contributed by atoms with E-state index in [0.717, 1.165) is 16.5 Å². The lowest BCUT2D eigenvalue weighted by molar-refractivity contribution is -0.145. The Balaban J connectivity index is 2.19. The van der Waals surface area contributed by atoms with Gasteiger partial charge in [-0.1, -0.05) is 22.0 Å². The van der Waals surface area contributed by atoms with Gasteiger partial charge in [-0.3, -0.25) is 10.1 Å². The summed E-state index contributed by atoms with van der Waals surface area (Å²) in [5, 5.41) is 12.7. The highest BCUT2D eigenvalue weighted by Gasteiger charge is 2.40. The lowest BCUT2D eigenvalue weighted by Gasteiger charge is -2.35. The molecular formula is C14H18BrNO3. The summed E-state index contributed by atoms with van der Waals surface area (Å²) in [6.45, 7) is 1.07. The van der Waals surface area contributed by atoms with Gasteiger partial charge in [-0.2, -0.15) is 0 Å². The molecule has 19 heavy (non-hydrogen) atoms.